The van der Waals surface area contributed by atoms with Gasteiger partial charge in [-0.3, -0.25) is 4.79 Å². The first kappa shape index (κ1) is 14.1. The number of rotatable bonds is 3. The van der Waals surface area contributed by atoms with Gasteiger partial charge in [-0.15, -0.1) is 0 Å². The number of hydrogen-bond donors (Lipinski definition) is 1. The van der Waals surface area contributed by atoms with Crippen molar-refractivity contribution in [2.75, 3.05) is 0 Å². The second kappa shape index (κ2) is 5.49. The van der Waals surface area contributed by atoms with Crippen LogP contribution >= 0.6 is 11.6 Å². The number of benzene rings is 2. The minimum atomic E-state index is -0.241. The van der Waals surface area contributed by atoms with Crippen molar-refractivity contribution >= 4 is 17.5 Å². The molecule has 0 spiro atoms. The molecule has 0 bridgehead atoms. The monoisotopic (exact) mass is 303 g/mol. The SMILES string of the molecule is Cc1ccc(C(=O)N[C@@H]2C[C@H]2c2ccc(F)cc2)cc1Cl. The predicted octanol–water partition coefficient (Wildman–Crippen LogP) is 4.07. The molecule has 4 heteroatoms. The van der Waals surface area contributed by atoms with Gasteiger partial charge in [0.15, 0.2) is 0 Å². The molecule has 2 aromatic carbocycles. The highest BCUT2D eigenvalue weighted by molar-refractivity contribution is 6.31. The van der Waals surface area contributed by atoms with Gasteiger partial charge in [-0.05, 0) is 48.7 Å². The average Bonchev–Trinajstić information content (AvgIpc) is 3.21. The fourth-order valence-corrected chi connectivity index (χ4v) is 2.60. The van der Waals surface area contributed by atoms with Crippen LogP contribution in [0.25, 0.3) is 0 Å². The quantitative estimate of drug-likeness (QED) is 0.910. The van der Waals surface area contributed by atoms with E-state index in [0.29, 0.717) is 10.6 Å². The summed E-state index contributed by atoms with van der Waals surface area (Å²) in [6.45, 7) is 1.90. The van der Waals surface area contributed by atoms with Gasteiger partial charge in [-0.1, -0.05) is 29.8 Å². The van der Waals surface area contributed by atoms with Crippen molar-refractivity contribution in [2.24, 2.45) is 0 Å². The third-order valence-corrected chi connectivity index (χ3v) is 4.25. The van der Waals surface area contributed by atoms with Crippen molar-refractivity contribution < 1.29 is 9.18 Å². The van der Waals surface area contributed by atoms with Gasteiger partial charge in [0.1, 0.15) is 5.82 Å². The Kier molecular flexibility index (Phi) is 3.68. The summed E-state index contributed by atoms with van der Waals surface area (Å²) in [5.41, 5.74) is 2.57. The molecule has 21 heavy (non-hydrogen) atoms. The minimum absolute atomic E-state index is 0.114. The molecule has 1 amide bonds. The van der Waals surface area contributed by atoms with Gasteiger partial charge in [-0.2, -0.15) is 0 Å². The zero-order chi connectivity index (χ0) is 15.0. The van der Waals surface area contributed by atoms with Crippen LogP contribution in [0.1, 0.15) is 33.8 Å². The maximum Gasteiger partial charge on any atom is 0.251 e. The Labute approximate surface area is 127 Å². The summed E-state index contributed by atoms with van der Waals surface area (Å²) in [6, 6.07) is 11.8. The van der Waals surface area contributed by atoms with Crippen LogP contribution in [-0.2, 0) is 0 Å². The largest absolute Gasteiger partial charge is 0.349 e. The van der Waals surface area contributed by atoms with E-state index in [4.69, 9.17) is 11.6 Å². The highest BCUT2D eigenvalue weighted by Crippen LogP contribution is 2.40. The molecule has 108 valence electrons. The Morgan fingerprint density at radius 1 is 1.24 bits per heavy atom. The Morgan fingerprint density at radius 2 is 1.95 bits per heavy atom. The van der Waals surface area contributed by atoms with E-state index >= 15 is 0 Å². The zero-order valence-electron chi connectivity index (χ0n) is 11.6. The van der Waals surface area contributed by atoms with Gasteiger partial charge in [-0.25, -0.2) is 4.39 Å². The van der Waals surface area contributed by atoms with Crippen molar-refractivity contribution in [1.82, 2.24) is 5.32 Å². The number of amides is 1. The normalized spacial score (nSPS) is 20.1. The van der Waals surface area contributed by atoms with Gasteiger partial charge < -0.3 is 5.32 Å². The lowest BCUT2D eigenvalue weighted by atomic mass is 10.1. The van der Waals surface area contributed by atoms with E-state index in [1.807, 2.05) is 13.0 Å². The number of aryl methyl sites for hydroxylation is 1. The Morgan fingerprint density at radius 3 is 2.62 bits per heavy atom. The third kappa shape index (κ3) is 3.08. The molecule has 1 fully saturated rings. The van der Waals surface area contributed by atoms with Crippen molar-refractivity contribution in [3.63, 3.8) is 0 Å². The van der Waals surface area contributed by atoms with Crippen LogP contribution in [0.4, 0.5) is 4.39 Å². The Hall–Kier alpha value is -1.87. The third-order valence-electron chi connectivity index (χ3n) is 3.84. The number of halogens is 2. The van der Waals surface area contributed by atoms with E-state index in [0.717, 1.165) is 17.5 Å². The van der Waals surface area contributed by atoms with E-state index in [1.54, 1.807) is 24.3 Å². The zero-order valence-corrected chi connectivity index (χ0v) is 12.3. The van der Waals surface area contributed by atoms with Gasteiger partial charge in [0.2, 0.25) is 0 Å². The fraction of sp³-hybridized carbons (Fsp3) is 0.235. The minimum Gasteiger partial charge on any atom is -0.349 e. The molecule has 0 radical (unpaired) electrons. The molecule has 0 saturated heterocycles. The first-order chi connectivity index (χ1) is 10.0. The number of nitrogens with one attached hydrogen (secondary N) is 1. The van der Waals surface area contributed by atoms with E-state index in [1.165, 1.54) is 12.1 Å². The molecular weight excluding hydrogens is 289 g/mol. The molecular formula is C17H15ClFNO. The number of hydrogen-bond acceptors (Lipinski definition) is 1. The summed E-state index contributed by atoms with van der Waals surface area (Å²) in [7, 11) is 0. The van der Waals surface area contributed by atoms with Crippen LogP contribution in [0.15, 0.2) is 42.5 Å². The van der Waals surface area contributed by atoms with Gasteiger partial charge in [0, 0.05) is 22.5 Å². The first-order valence-electron chi connectivity index (χ1n) is 6.87. The van der Waals surface area contributed by atoms with Gasteiger partial charge >= 0.3 is 0 Å². The van der Waals surface area contributed by atoms with E-state index in [-0.39, 0.29) is 23.7 Å². The lowest BCUT2D eigenvalue weighted by Gasteiger charge is -2.06. The second-order valence-corrected chi connectivity index (χ2v) is 5.84. The summed E-state index contributed by atoms with van der Waals surface area (Å²) in [4.78, 5) is 12.2. The summed E-state index contributed by atoms with van der Waals surface area (Å²) < 4.78 is 12.9. The maximum absolute atomic E-state index is 12.9. The van der Waals surface area contributed by atoms with Crippen molar-refractivity contribution in [1.29, 1.82) is 0 Å². The maximum atomic E-state index is 12.9. The van der Waals surface area contributed by atoms with Gasteiger partial charge in [0.05, 0.1) is 0 Å². The number of carbonyl (C=O) groups is 1. The van der Waals surface area contributed by atoms with E-state index < -0.39 is 0 Å². The second-order valence-electron chi connectivity index (χ2n) is 5.44. The lowest BCUT2D eigenvalue weighted by Crippen LogP contribution is -2.26. The van der Waals surface area contributed by atoms with Crippen molar-refractivity contribution in [2.45, 2.75) is 25.3 Å². The molecule has 1 aliphatic carbocycles. The van der Waals surface area contributed by atoms with Crippen LogP contribution in [0.3, 0.4) is 0 Å². The van der Waals surface area contributed by atoms with Crippen molar-refractivity contribution in [3.05, 3.63) is 70.0 Å². The fourth-order valence-electron chi connectivity index (χ4n) is 2.42. The lowest BCUT2D eigenvalue weighted by molar-refractivity contribution is 0.0950. The first-order valence-corrected chi connectivity index (χ1v) is 7.25. The van der Waals surface area contributed by atoms with Crippen LogP contribution in [0, 0.1) is 12.7 Å². The molecule has 2 aromatic rings. The summed E-state index contributed by atoms with van der Waals surface area (Å²) in [5.74, 6) is -0.0868. The predicted molar refractivity (Wildman–Crippen MR) is 81.2 cm³/mol. The highest BCUT2D eigenvalue weighted by atomic mass is 35.5. The number of carbonyl (C=O) groups excluding carboxylic acids is 1. The smallest absolute Gasteiger partial charge is 0.251 e. The molecule has 2 atom stereocenters. The van der Waals surface area contributed by atoms with Crippen LogP contribution in [-0.4, -0.2) is 11.9 Å². The summed E-state index contributed by atoms with van der Waals surface area (Å²) in [6.07, 6.45) is 0.886. The molecule has 1 aliphatic rings. The van der Waals surface area contributed by atoms with Crippen LogP contribution in [0.2, 0.25) is 5.02 Å². The summed E-state index contributed by atoms with van der Waals surface area (Å²) in [5, 5.41) is 3.58. The molecule has 0 aliphatic heterocycles. The molecule has 3 rings (SSSR count). The van der Waals surface area contributed by atoms with Crippen LogP contribution < -0.4 is 5.32 Å². The average molecular weight is 304 g/mol. The topological polar surface area (TPSA) is 29.1 Å². The van der Waals surface area contributed by atoms with E-state index in [2.05, 4.69) is 5.32 Å². The summed E-state index contributed by atoms with van der Waals surface area (Å²) >= 11 is 6.03. The van der Waals surface area contributed by atoms with Gasteiger partial charge in [0.25, 0.3) is 5.91 Å². The standard InChI is InChI=1S/C17H15ClFNO/c1-10-2-3-12(8-15(10)18)17(21)20-16-9-14(16)11-4-6-13(19)7-5-11/h2-8,14,16H,9H2,1H3,(H,20,21)/t14-,16+/m0/s1. The molecule has 0 heterocycles. The molecule has 0 aromatic heterocycles. The van der Waals surface area contributed by atoms with E-state index in [9.17, 15) is 9.18 Å². The molecule has 0 unspecified atom stereocenters. The molecule has 1 saturated carbocycles. The van der Waals surface area contributed by atoms with Crippen LogP contribution in [0.5, 0.6) is 0 Å². The Balaban J connectivity index is 1.64. The van der Waals surface area contributed by atoms with Crippen molar-refractivity contribution in [3.8, 4) is 0 Å². The molecule has 2 nitrogen and oxygen atoms in total. The highest BCUT2D eigenvalue weighted by Gasteiger charge is 2.39. The Bertz CT molecular complexity index is 684. The molecule has 1 N–H and O–H groups in total.